The predicted molar refractivity (Wildman–Crippen MR) is 33.0 cm³/mol. The SMILES string of the molecule is C=C.O=C(O)O.P. The summed E-state index contributed by atoms with van der Waals surface area (Å²) in [5.74, 6) is 0. The van der Waals surface area contributed by atoms with Gasteiger partial charge in [0.25, 0.3) is 0 Å². The van der Waals surface area contributed by atoms with Crippen molar-refractivity contribution in [2.45, 2.75) is 0 Å². The van der Waals surface area contributed by atoms with Crippen molar-refractivity contribution in [1.29, 1.82) is 0 Å². The summed E-state index contributed by atoms with van der Waals surface area (Å²) >= 11 is 0. The van der Waals surface area contributed by atoms with E-state index in [2.05, 4.69) is 13.2 Å². The summed E-state index contributed by atoms with van der Waals surface area (Å²) in [6.45, 7) is 6.00. The van der Waals surface area contributed by atoms with Gasteiger partial charge in [-0.2, -0.15) is 9.90 Å². The second-order valence-corrected chi connectivity index (χ2v) is 0.283. The Morgan fingerprint density at radius 3 is 1.29 bits per heavy atom. The molecule has 44 valence electrons. The first-order valence-electron chi connectivity index (χ1n) is 1.15. The van der Waals surface area contributed by atoms with E-state index in [-0.39, 0.29) is 9.90 Å². The van der Waals surface area contributed by atoms with Gasteiger partial charge in [-0.15, -0.1) is 13.2 Å². The summed E-state index contributed by atoms with van der Waals surface area (Å²) in [5.41, 5.74) is 0. The first-order chi connectivity index (χ1) is 2.73. The monoisotopic (exact) mass is 124 g/mol. The highest BCUT2D eigenvalue weighted by atomic mass is 31.0. The molecule has 0 amide bonds. The molecule has 0 saturated heterocycles. The van der Waals surface area contributed by atoms with Crippen LogP contribution in [0.5, 0.6) is 0 Å². The van der Waals surface area contributed by atoms with Crippen LogP contribution in [0.4, 0.5) is 4.79 Å². The standard InChI is InChI=1S/C2H4.CH2O3.H3P/c1-2;2-1(3)4;/h1-2H2;(H2,2,3,4);1H3. The average Bonchev–Trinajstić information content (AvgIpc) is 1.41. The molecule has 0 aliphatic heterocycles. The number of hydrogen-bond donors (Lipinski definition) is 2. The summed E-state index contributed by atoms with van der Waals surface area (Å²) in [7, 11) is 0. The maximum Gasteiger partial charge on any atom is 0.503 e. The molecule has 0 aromatic rings. The van der Waals surface area contributed by atoms with Crippen LogP contribution >= 0.6 is 9.90 Å². The maximum atomic E-state index is 8.56. The molecule has 0 spiro atoms. The Morgan fingerprint density at radius 1 is 1.29 bits per heavy atom. The fourth-order valence-electron chi connectivity index (χ4n) is 0. The van der Waals surface area contributed by atoms with Crippen molar-refractivity contribution < 1.29 is 15.0 Å². The lowest BCUT2D eigenvalue weighted by molar-refractivity contribution is 0.137. The van der Waals surface area contributed by atoms with E-state index in [1.807, 2.05) is 0 Å². The van der Waals surface area contributed by atoms with Gasteiger partial charge in [0.1, 0.15) is 0 Å². The molecular weight excluding hydrogens is 115 g/mol. The highest BCUT2D eigenvalue weighted by molar-refractivity contribution is 6.92. The van der Waals surface area contributed by atoms with Gasteiger partial charge in [0.15, 0.2) is 0 Å². The van der Waals surface area contributed by atoms with Crippen LogP contribution in [-0.2, 0) is 0 Å². The Labute approximate surface area is 45.3 Å². The molecule has 1 atom stereocenters. The molecule has 7 heavy (non-hydrogen) atoms. The molecule has 3 nitrogen and oxygen atoms in total. The molecular formula is C3H9O3P. The van der Waals surface area contributed by atoms with Crippen molar-refractivity contribution >= 4 is 16.1 Å². The van der Waals surface area contributed by atoms with Crippen LogP contribution in [0, 0.1) is 0 Å². The topological polar surface area (TPSA) is 57.5 Å². The van der Waals surface area contributed by atoms with Crippen LogP contribution in [0.2, 0.25) is 0 Å². The number of carboxylic acid groups (broad SMARTS) is 2. The highest BCUT2D eigenvalue weighted by Crippen LogP contribution is 1.42. The zero-order valence-corrected chi connectivity index (χ0v) is 5.34. The van der Waals surface area contributed by atoms with Crippen LogP contribution < -0.4 is 0 Å². The molecule has 0 aromatic carbocycles. The molecule has 0 saturated carbocycles. The molecule has 4 heteroatoms. The van der Waals surface area contributed by atoms with Crippen LogP contribution in [0.15, 0.2) is 13.2 Å². The Balaban J connectivity index is -0.0000000480. The lowest BCUT2D eigenvalue weighted by atomic mass is 11.3. The van der Waals surface area contributed by atoms with Gasteiger partial charge in [0.05, 0.1) is 0 Å². The summed E-state index contributed by atoms with van der Waals surface area (Å²) in [6.07, 6.45) is -1.83. The summed E-state index contributed by atoms with van der Waals surface area (Å²) < 4.78 is 0. The Bertz CT molecular complexity index is 41.4. The third-order valence-electron chi connectivity index (χ3n) is 0. The van der Waals surface area contributed by atoms with Crippen molar-refractivity contribution in [1.82, 2.24) is 0 Å². The second-order valence-electron chi connectivity index (χ2n) is 0.283. The molecule has 0 aliphatic rings. The lowest BCUT2D eigenvalue weighted by Crippen LogP contribution is -1.81. The van der Waals surface area contributed by atoms with E-state index in [4.69, 9.17) is 15.0 Å². The van der Waals surface area contributed by atoms with Gasteiger partial charge in [0.2, 0.25) is 0 Å². The first kappa shape index (κ1) is 16.1. The summed E-state index contributed by atoms with van der Waals surface area (Å²) in [5, 5.41) is 13.9. The smallest absolute Gasteiger partial charge is 0.450 e. The normalized spacial score (nSPS) is 4.00. The van der Waals surface area contributed by atoms with Gasteiger partial charge < -0.3 is 10.2 Å². The Kier molecular flexibility index (Phi) is 41.4. The minimum Gasteiger partial charge on any atom is -0.450 e. The van der Waals surface area contributed by atoms with Crippen LogP contribution in [0.3, 0.4) is 0 Å². The Morgan fingerprint density at radius 2 is 1.29 bits per heavy atom. The zero-order valence-electron chi connectivity index (χ0n) is 3.92. The van der Waals surface area contributed by atoms with Gasteiger partial charge in [-0.1, -0.05) is 0 Å². The molecule has 1 unspecified atom stereocenters. The molecule has 0 bridgehead atoms. The van der Waals surface area contributed by atoms with Crippen molar-refractivity contribution in [3.63, 3.8) is 0 Å². The largest absolute Gasteiger partial charge is 0.503 e. The molecule has 0 aliphatic carbocycles. The number of hydrogen-bond acceptors (Lipinski definition) is 1. The van der Waals surface area contributed by atoms with E-state index in [0.29, 0.717) is 0 Å². The molecule has 0 fully saturated rings. The van der Waals surface area contributed by atoms with Crippen molar-refractivity contribution in [2.24, 2.45) is 0 Å². The summed E-state index contributed by atoms with van der Waals surface area (Å²) in [4.78, 5) is 8.56. The van der Waals surface area contributed by atoms with Gasteiger partial charge in [-0.25, -0.2) is 4.79 Å². The number of carbonyl (C=O) groups is 1. The second kappa shape index (κ2) is 18.0. The van der Waals surface area contributed by atoms with E-state index in [0.717, 1.165) is 0 Å². The maximum absolute atomic E-state index is 8.56. The quantitative estimate of drug-likeness (QED) is 0.375. The first-order valence-corrected chi connectivity index (χ1v) is 1.15. The van der Waals surface area contributed by atoms with Gasteiger partial charge >= 0.3 is 6.16 Å². The Hall–Kier alpha value is -0.560. The third kappa shape index (κ3) is 205. The van der Waals surface area contributed by atoms with Gasteiger partial charge in [-0.05, 0) is 0 Å². The van der Waals surface area contributed by atoms with Crippen molar-refractivity contribution in [3.05, 3.63) is 13.2 Å². The van der Waals surface area contributed by atoms with Crippen LogP contribution in [0.1, 0.15) is 0 Å². The van der Waals surface area contributed by atoms with Gasteiger partial charge in [0, 0.05) is 0 Å². The van der Waals surface area contributed by atoms with Crippen molar-refractivity contribution in [3.8, 4) is 0 Å². The van der Waals surface area contributed by atoms with Crippen molar-refractivity contribution in [2.75, 3.05) is 0 Å². The van der Waals surface area contributed by atoms with Crippen LogP contribution in [-0.4, -0.2) is 16.4 Å². The third-order valence-corrected chi connectivity index (χ3v) is 0. The minimum absolute atomic E-state index is 0. The average molecular weight is 124 g/mol. The van der Waals surface area contributed by atoms with E-state index in [1.54, 1.807) is 0 Å². The minimum atomic E-state index is -1.83. The fourth-order valence-corrected chi connectivity index (χ4v) is 0. The molecule has 0 radical (unpaired) electrons. The highest BCUT2D eigenvalue weighted by Gasteiger charge is 1.70. The van der Waals surface area contributed by atoms with E-state index >= 15 is 0 Å². The molecule has 0 aromatic heterocycles. The van der Waals surface area contributed by atoms with E-state index in [9.17, 15) is 0 Å². The fraction of sp³-hybridized carbons (Fsp3) is 0. The molecule has 0 heterocycles. The van der Waals surface area contributed by atoms with Gasteiger partial charge in [-0.3, -0.25) is 0 Å². The molecule has 0 rings (SSSR count). The number of rotatable bonds is 0. The van der Waals surface area contributed by atoms with Crippen LogP contribution in [0.25, 0.3) is 0 Å². The lowest BCUT2D eigenvalue weighted by Gasteiger charge is -1.60. The van der Waals surface area contributed by atoms with E-state index < -0.39 is 6.16 Å². The van der Waals surface area contributed by atoms with E-state index in [1.165, 1.54) is 0 Å². The predicted octanol–water partition coefficient (Wildman–Crippen LogP) is 1.08. The summed E-state index contributed by atoms with van der Waals surface area (Å²) in [6, 6.07) is 0. The molecule has 2 N–H and O–H groups in total. The zero-order chi connectivity index (χ0) is 5.58.